The SMILES string of the molecule is COCCn1c(=O)c2c(nc3n2C[C@H](C)CN3c2ccccc2OC)n(C)c1=O. The van der Waals surface area contributed by atoms with Crippen molar-refractivity contribution in [1.29, 1.82) is 0 Å². The van der Waals surface area contributed by atoms with E-state index in [9.17, 15) is 9.59 Å². The van der Waals surface area contributed by atoms with E-state index >= 15 is 0 Å². The summed E-state index contributed by atoms with van der Waals surface area (Å²) in [5, 5.41) is 0. The summed E-state index contributed by atoms with van der Waals surface area (Å²) < 4.78 is 15.2. The molecule has 0 aliphatic carbocycles. The third-order valence-electron chi connectivity index (χ3n) is 5.34. The monoisotopic (exact) mass is 399 g/mol. The van der Waals surface area contributed by atoms with E-state index < -0.39 is 5.69 Å². The summed E-state index contributed by atoms with van der Waals surface area (Å²) >= 11 is 0. The van der Waals surface area contributed by atoms with Gasteiger partial charge in [0.05, 0.1) is 25.9 Å². The van der Waals surface area contributed by atoms with Crippen LogP contribution in [0.1, 0.15) is 6.92 Å². The van der Waals surface area contributed by atoms with Crippen molar-refractivity contribution in [2.75, 3.05) is 32.3 Å². The van der Waals surface area contributed by atoms with Crippen molar-refractivity contribution in [2.45, 2.75) is 20.0 Å². The molecule has 1 aliphatic rings. The molecule has 0 unspecified atom stereocenters. The van der Waals surface area contributed by atoms with E-state index in [0.717, 1.165) is 18.0 Å². The van der Waals surface area contributed by atoms with Crippen LogP contribution < -0.4 is 20.9 Å². The molecule has 3 heterocycles. The van der Waals surface area contributed by atoms with E-state index in [1.807, 2.05) is 28.8 Å². The Morgan fingerprint density at radius 2 is 1.93 bits per heavy atom. The van der Waals surface area contributed by atoms with E-state index in [1.165, 1.54) is 9.13 Å². The minimum Gasteiger partial charge on any atom is -0.495 e. The molecule has 0 bridgehead atoms. The molecule has 29 heavy (non-hydrogen) atoms. The Kier molecular flexibility index (Phi) is 4.91. The van der Waals surface area contributed by atoms with Crippen molar-refractivity contribution in [3.05, 3.63) is 45.1 Å². The first-order valence-electron chi connectivity index (χ1n) is 9.57. The van der Waals surface area contributed by atoms with Crippen LogP contribution in [0.15, 0.2) is 33.9 Å². The van der Waals surface area contributed by atoms with E-state index in [1.54, 1.807) is 21.3 Å². The number of ether oxygens (including phenoxy) is 2. The molecule has 0 fully saturated rings. The summed E-state index contributed by atoms with van der Waals surface area (Å²) in [4.78, 5) is 32.7. The minimum absolute atomic E-state index is 0.199. The molecule has 0 amide bonds. The van der Waals surface area contributed by atoms with Crippen molar-refractivity contribution in [2.24, 2.45) is 13.0 Å². The summed E-state index contributed by atoms with van der Waals surface area (Å²) in [5.41, 5.74) is 0.963. The fourth-order valence-corrected chi connectivity index (χ4v) is 3.94. The number of rotatable bonds is 5. The van der Waals surface area contributed by atoms with Gasteiger partial charge in [0, 0.05) is 27.2 Å². The standard InChI is InChI=1S/C20H25N5O4/c1-13-11-24(14-7-5-6-8-15(14)29-4)19-21-17-16(25(19)12-13)18(26)23(9-10-28-3)20(27)22(17)2/h5-8,13H,9-12H2,1-4H3/t13-/m1/s1. The quantitative estimate of drug-likeness (QED) is 0.644. The molecule has 1 aliphatic heterocycles. The zero-order chi connectivity index (χ0) is 20.7. The fraction of sp³-hybridized carbons (Fsp3) is 0.450. The van der Waals surface area contributed by atoms with Crippen LogP contribution in [0.5, 0.6) is 5.75 Å². The molecule has 4 rings (SSSR count). The van der Waals surface area contributed by atoms with E-state index in [4.69, 9.17) is 14.5 Å². The zero-order valence-corrected chi connectivity index (χ0v) is 17.1. The van der Waals surface area contributed by atoms with E-state index in [-0.39, 0.29) is 24.6 Å². The lowest BCUT2D eigenvalue weighted by Crippen LogP contribution is -2.41. The number of benzene rings is 1. The van der Waals surface area contributed by atoms with Gasteiger partial charge in [-0.3, -0.25) is 13.9 Å². The number of fused-ring (bicyclic) bond motifs is 3. The summed E-state index contributed by atoms with van der Waals surface area (Å²) in [7, 11) is 4.82. The first-order chi connectivity index (χ1) is 14.0. The highest BCUT2D eigenvalue weighted by molar-refractivity contribution is 5.78. The van der Waals surface area contributed by atoms with Crippen LogP contribution in [0.2, 0.25) is 0 Å². The second-order valence-electron chi connectivity index (χ2n) is 7.37. The molecule has 0 saturated carbocycles. The Morgan fingerprint density at radius 1 is 1.17 bits per heavy atom. The second kappa shape index (κ2) is 7.40. The van der Waals surface area contributed by atoms with E-state index in [0.29, 0.717) is 23.7 Å². The number of anilines is 2. The van der Waals surface area contributed by atoms with Crippen molar-refractivity contribution in [1.82, 2.24) is 18.7 Å². The topological polar surface area (TPSA) is 83.5 Å². The maximum Gasteiger partial charge on any atom is 0.332 e. The van der Waals surface area contributed by atoms with Crippen molar-refractivity contribution < 1.29 is 9.47 Å². The molecule has 3 aromatic rings. The number of methoxy groups -OCH3 is 2. The zero-order valence-electron chi connectivity index (χ0n) is 17.1. The molecule has 0 saturated heterocycles. The predicted octanol–water partition coefficient (Wildman–Crippen LogP) is 1.34. The van der Waals surface area contributed by atoms with Crippen molar-refractivity contribution >= 4 is 22.8 Å². The van der Waals surface area contributed by atoms with Gasteiger partial charge in [-0.2, -0.15) is 4.98 Å². The van der Waals surface area contributed by atoms with Gasteiger partial charge in [0.15, 0.2) is 11.2 Å². The third kappa shape index (κ3) is 3.02. The van der Waals surface area contributed by atoms with E-state index in [2.05, 4.69) is 11.8 Å². The Bertz CT molecular complexity index is 1180. The Morgan fingerprint density at radius 3 is 2.66 bits per heavy atom. The maximum atomic E-state index is 13.2. The smallest absolute Gasteiger partial charge is 0.332 e. The van der Waals surface area contributed by atoms with Crippen LogP contribution in [0.4, 0.5) is 11.6 Å². The number of aromatic nitrogens is 4. The summed E-state index contributed by atoms with van der Waals surface area (Å²) in [6.07, 6.45) is 0. The Hall–Kier alpha value is -3.07. The second-order valence-corrected chi connectivity index (χ2v) is 7.37. The molecular formula is C20H25N5O4. The Balaban J connectivity index is 1.99. The highest BCUT2D eigenvalue weighted by atomic mass is 16.5. The van der Waals surface area contributed by atoms with Crippen molar-refractivity contribution in [3.63, 3.8) is 0 Å². The first kappa shape index (κ1) is 19.3. The van der Waals surface area contributed by atoms with Gasteiger partial charge in [-0.15, -0.1) is 0 Å². The Labute approximate surface area is 167 Å². The molecule has 0 N–H and O–H groups in total. The van der Waals surface area contributed by atoms with Gasteiger partial charge < -0.3 is 18.9 Å². The largest absolute Gasteiger partial charge is 0.495 e. The number of aryl methyl sites for hydroxylation is 1. The maximum absolute atomic E-state index is 13.2. The number of para-hydroxylation sites is 2. The lowest BCUT2D eigenvalue weighted by molar-refractivity contribution is 0.184. The average molecular weight is 399 g/mol. The van der Waals surface area contributed by atoms with Gasteiger partial charge in [0.2, 0.25) is 5.95 Å². The molecule has 9 heteroatoms. The number of nitrogens with zero attached hydrogens (tertiary/aromatic N) is 5. The molecule has 0 spiro atoms. The van der Waals surface area contributed by atoms with Gasteiger partial charge in [-0.1, -0.05) is 19.1 Å². The fourth-order valence-electron chi connectivity index (χ4n) is 3.94. The van der Waals surface area contributed by atoms with Gasteiger partial charge >= 0.3 is 5.69 Å². The van der Waals surface area contributed by atoms with Crippen LogP contribution in [-0.4, -0.2) is 46.1 Å². The molecule has 1 atom stereocenters. The average Bonchev–Trinajstić information content (AvgIpc) is 3.11. The number of hydrogen-bond acceptors (Lipinski definition) is 6. The lowest BCUT2D eigenvalue weighted by Gasteiger charge is -2.33. The molecule has 154 valence electrons. The first-order valence-corrected chi connectivity index (χ1v) is 9.57. The summed E-state index contributed by atoms with van der Waals surface area (Å²) in [6.45, 7) is 3.99. The summed E-state index contributed by atoms with van der Waals surface area (Å²) in [5.74, 6) is 1.64. The van der Waals surface area contributed by atoms with Gasteiger partial charge in [0.25, 0.3) is 5.56 Å². The number of hydrogen-bond donors (Lipinski definition) is 0. The summed E-state index contributed by atoms with van der Waals surface area (Å²) in [6, 6.07) is 7.72. The van der Waals surface area contributed by atoms with Crippen LogP contribution in [-0.2, 0) is 24.9 Å². The van der Waals surface area contributed by atoms with Gasteiger partial charge in [-0.25, -0.2) is 4.79 Å². The van der Waals surface area contributed by atoms with Gasteiger partial charge in [0.1, 0.15) is 5.75 Å². The molecule has 1 aromatic carbocycles. The lowest BCUT2D eigenvalue weighted by atomic mass is 10.1. The normalized spacial score (nSPS) is 16.3. The highest BCUT2D eigenvalue weighted by Crippen LogP contribution is 2.37. The predicted molar refractivity (Wildman–Crippen MR) is 110 cm³/mol. The number of imidazole rings is 1. The third-order valence-corrected chi connectivity index (χ3v) is 5.34. The van der Waals surface area contributed by atoms with Crippen LogP contribution in [0, 0.1) is 5.92 Å². The van der Waals surface area contributed by atoms with Crippen LogP contribution in [0.25, 0.3) is 11.2 Å². The molecular weight excluding hydrogens is 374 g/mol. The van der Waals surface area contributed by atoms with Crippen LogP contribution >= 0.6 is 0 Å². The van der Waals surface area contributed by atoms with Crippen LogP contribution in [0.3, 0.4) is 0 Å². The highest BCUT2D eigenvalue weighted by Gasteiger charge is 2.30. The minimum atomic E-state index is -0.396. The molecule has 0 radical (unpaired) electrons. The molecule has 9 nitrogen and oxygen atoms in total. The van der Waals surface area contributed by atoms with Crippen molar-refractivity contribution in [3.8, 4) is 5.75 Å². The van der Waals surface area contributed by atoms with Gasteiger partial charge in [-0.05, 0) is 18.1 Å². The molecule has 2 aromatic heterocycles.